The van der Waals surface area contributed by atoms with Gasteiger partial charge in [0.15, 0.2) is 5.65 Å². The van der Waals surface area contributed by atoms with E-state index in [1.807, 2.05) is 39.1 Å². The summed E-state index contributed by atoms with van der Waals surface area (Å²) in [4.78, 5) is 15.7. The van der Waals surface area contributed by atoms with Gasteiger partial charge in [0, 0.05) is 37.5 Å². The van der Waals surface area contributed by atoms with Gasteiger partial charge in [0.25, 0.3) is 0 Å². The van der Waals surface area contributed by atoms with Crippen molar-refractivity contribution >= 4 is 11.7 Å². The predicted octanol–water partition coefficient (Wildman–Crippen LogP) is 1.12. The Labute approximate surface area is 123 Å². The molecule has 0 fully saturated rings. The molecule has 1 amide bonds. The molecular formula is C14H21N5O2. The maximum atomic E-state index is 11.5. The maximum absolute atomic E-state index is 11.5. The highest BCUT2D eigenvalue weighted by Crippen LogP contribution is 2.07. The second-order valence-corrected chi connectivity index (χ2v) is 5.91. The number of fused-ring (bicyclic) bond motifs is 1. The summed E-state index contributed by atoms with van der Waals surface area (Å²) in [5.41, 5.74) is 7.10. The smallest absolute Gasteiger partial charge is 0.407 e. The highest BCUT2D eigenvalue weighted by atomic mass is 16.6. The van der Waals surface area contributed by atoms with Crippen molar-refractivity contribution in [3.05, 3.63) is 30.2 Å². The van der Waals surface area contributed by atoms with E-state index in [4.69, 9.17) is 10.5 Å². The van der Waals surface area contributed by atoms with Gasteiger partial charge in [-0.25, -0.2) is 14.3 Å². The first-order valence-corrected chi connectivity index (χ1v) is 6.85. The number of carbonyl (C=O) groups is 1. The lowest BCUT2D eigenvalue weighted by molar-refractivity contribution is 0.0524. The van der Waals surface area contributed by atoms with E-state index in [-0.39, 0.29) is 6.04 Å². The average Bonchev–Trinajstić information content (AvgIpc) is 2.76. The molecule has 114 valence electrons. The molecule has 0 aromatic carbocycles. The second kappa shape index (κ2) is 6.09. The molecule has 0 spiro atoms. The van der Waals surface area contributed by atoms with Crippen LogP contribution in [0.1, 0.15) is 26.5 Å². The first-order valence-electron chi connectivity index (χ1n) is 6.85. The predicted molar refractivity (Wildman–Crippen MR) is 78.9 cm³/mol. The zero-order valence-electron chi connectivity index (χ0n) is 12.5. The van der Waals surface area contributed by atoms with Crippen molar-refractivity contribution in [2.24, 2.45) is 5.73 Å². The summed E-state index contributed by atoms with van der Waals surface area (Å²) >= 11 is 0. The van der Waals surface area contributed by atoms with E-state index in [1.54, 1.807) is 10.7 Å². The summed E-state index contributed by atoms with van der Waals surface area (Å²) in [6, 6.07) is 3.46. The molecule has 2 heterocycles. The largest absolute Gasteiger partial charge is 0.444 e. The Morgan fingerprint density at radius 1 is 1.52 bits per heavy atom. The number of alkyl carbamates (subject to hydrolysis) is 1. The van der Waals surface area contributed by atoms with Gasteiger partial charge in [-0.05, 0) is 26.8 Å². The molecule has 1 atom stereocenters. The molecular weight excluding hydrogens is 270 g/mol. The first-order chi connectivity index (χ1) is 9.83. The zero-order valence-corrected chi connectivity index (χ0v) is 12.5. The number of ether oxygens (including phenoxy) is 1. The molecule has 0 aliphatic carbocycles. The monoisotopic (exact) mass is 291 g/mol. The molecule has 0 bridgehead atoms. The number of nitrogens with zero attached hydrogens (tertiary/aromatic N) is 3. The van der Waals surface area contributed by atoms with Crippen LogP contribution in [-0.4, -0.2) is 38.9 Å². The molecule has 2 rings (SSSR count). The van der Waals surface area contributed by atoms with Crippen LogP contribution in [0.15, 0.2) is 24.5 Å². The number of nitrogens with two attached hydrogens (primary N) is 1. The van der Waals surface area contributed by atoms with Gasteiger partial charge in [-0.3, -0.25) is 0 Å². The van der Waals surface area contributed by atoms with Gasteiger partial charge >= 0.3 is 6.09 Å². The molecule has 0 radical (unpaired) electrons. The Morgan fingerprint density at radius 3 is 2.95 bits per heavy atom. The fourth-order valence-electron chi connectivity index (χ4n) is 1.85. The van der Waals surface area contributed by atoms with Gasteiger partial charge < -0.3 is 15.8 Å². The van der Waals surface area contributed by atoms with E-state index >= 15 is 0 Å². The van der Waals surface area contributed by atoms with Crippen molar-refractivity contribution in [1.29, 1.82) is 0 Å². The normalized spacial score (nSPS) is 13.1. The molecule has 0 saturated heterocycles. The van der Waals surface area contributed by atoms with Gasteiger partial charge in [0.05, 0.1) is 5.69 Å². The van der Waals surface area contributed by atoms with Crippen molar-refractivity contribution in [3.63, 3.8) is 0 Å². The highest BCUT2D eigenvalue weighted by molar-refractivity contribution is 5.67. The fraction of sp³-hybridized carbons (Fsp3) is 0.500. The van der Waals surface area contributed by atoms with Gasteiger partial charge in [-0.1, -0.05) is 0 Å². The Bertz CT molecular complexity index is 584. The Morgan fingerprint density at radius 2 is 2.29 bits per heavy atom. The van der Waals surface area contributed by atoms with Crippen LogP contribution in [0.3, 0.4) is 0 Å². The topological polar surface area (TPSA) is 94.5 Å². The van der Waals surface area contributed by atoms with E-state index < -0.39 is 11.7 Å². The van der Waals surface area contributed by atoms with E-state index in [0.29, 0.717) is 13.0 Å². The Balaban J connectivity index is 1.84. The van der Waals surface area contributed by atoms with E-state index in [2.05, 4.69) is 15.4 Å². The standard InChI is InChI=1S/C14H21N5O2/c1-14(2,3)21-13(20)17-9-10(15)7-11-8-12-16-5-4-6-19(12)18-11/h4-6,8,10H,7,9,15H2,1-3H3,(H,17,20). The van der Waals surface area contributed by atoms with Gasteiger partial charge in [-0.2, -0.15) is 5.10 Å². The molecule has 0 aliphatic heterocycles. The molecule has 3 N–H and O–H groups in total. The quantitative estimate of drug-likeness (QED) is 0.880. The fourth-order valence-corrected chi connectivity index (χ4v) is 1.85. The summed E-state index contributed by atoms with van der Waals surface area (Å²) < 4.78 is 6.85. The molecule has 7 nitrogen and oxygen atoms in total. The minimum atomic E-state index is -0.512. The molecule has 2 aromatic heterocycles. The van der Waals surface area contributed by atoms with Crippen LogP contribution < -0.4 is 11.1 Å². The van der Waals surface area contributed by atoms with Gasteiger partial charge in [-0.15, -0.1) is 0 Å². The van der Waals surface area contributed by atoms with Crippen LogP contribution in [0.4, 0.5) is 4.79 Å². The van der Waals surface area contributed by atoms with Crippen molar-refractivity contribution in [2.75, 3.05) is 6.54 Å². The number of aromatic nitrogens is 3. The summed E-state index contributed by atoms with van der Waals surface area (Å²) in [6.45, 7) is 5.78. The Kier molecular flexibility index (Phi) is 4.42. The van der Waals surface area contributed by atoms with E-state index in [0.717, 1.165) is 11.3 Å². The molecule has 1 unspecified atom stereocenters. The van der Waals surface area contributed by atoms with Crippen LogP contribution in [0.5, 0.6) is 0 Å². The molecule has 0 aliphatic rings. The number of carbonyl (C=O) groups excluding carboxylic acids is 1. The summed E-state index contributed by atoms with van der Waals surface area (Å²) in [5.74, 6) is 0. The lowest BCUT2D eigenvalue weighted by Gasteiger charge is -2.20. The van der Waals surface area contributed by atoms with Crippen molar-refractivity contribution in [1.82, 2.24) is 19.9 Å². The number of nitrogens with one attached hydrogen (secondary N) is 1. The highest BCUT2D eigenvalue weighted by Gasteiger charge is 2.17. The van der Waals surface area contributed by atoms with Crippen LogP contribution in [-0.2, 0) is 11.2 Å². The van der Waals surface area contributed by atoms with E-state index in [1.165, 1.54) is 0 Å². The van der Waals surface area contributed by atoms with Gasteiger partial charge in [0.2, 0.25) is 0 Å². The molecule has 0 saturated carbocycles. The minimum Gasteiger partial charge on any atom is -0.444 e. The van der Waals surface area contributed by atoms with Crippen LogP contribution in [0.2, 0.25) is 0 Å². The number of hydrogen-bond donors (Lipinski definition) is 2. The third kappa shape index (κ3) is 4.71. The SMILES string of the molecule is CC(C)(C)OC(=O)NCC(N)Cc1cc2ncccn2n1. The van der Waals surface area contributed by atoms with Gasteiger partial charge in [0.1, 0.15) is 5.60 Å². The number of hydrogen-bond acceptors (Lipinski definition) is 5. The molecule has 2 aromatic rings. The summed E-state index contributed by atoms with van der Waals surface area (Å²) in [6.07, 6.45) is 3.63. The van der Waals surface area contributed by atoms with Crippen LogP contribution in [0, 0.1) is 0 Å². The second-order valence-electron chi connectivity index (χ2n) is 5.91. The van der Waals surface area contributed by atoms with Crippen LogP contribution >= 0.6 is 0 Å². The lowest BCUT2D eigenvalue weighted by Crippen LogP contribution is -2.41. The van der Waals surface area contributed by atoms with Crippen molar-refractivity contribution in [2.45, 2.75) is 38.8 Å². The third-order valence-electron chi connectivity index (χ3n) is 2.67. The van der Waals surface area contributed by atoms with Crippen LogP contribution in [0.25, 0.3) is 5.65 Å². The summed E-state index contributed by atoms with van der Waals surface area (Å²) in [5, 5.41) is 7.03. The molecule has 7 heteroatoms. The molecule has 21 heavy (non-hydrogen) atoms. The number of amides is 1. The maximum Gasteiger partial charge on any atom is 0.407 e. The van der Waals surface area contributed by atoms with Crippen molar-refractivity contribution < 1.29 is 9.53 Å². The first kappa shape index (κ1) is 15.2. The number of rotatable bonds is 4. The Hall–Kier alpha value is -2.15. The summed E-state index contributed by atoms with van der Waals surface area (Å²) in [7, 11) is 0. The third-order valence-corrected chi connectivity index (χ3v) is 2.67. The van der Waals surface area contributed by atoms with E-state index in [9.17, 15) is 4.79 Å². The zero-order chi connectivity index (χ0) is 15.5. The minimum absolute atomic E-state index is 0.234. The average molecular weight is 291 g/mol. The van der Waals surface area contributed by atoms with Crippen molar-refractivity contribution in [3.8, 4) is 0 Å². The lowest BCUT2D eigenvalue weighted by atomic mass is 10.1.